The largest absolute Gasteiger partial charge is 0.0699 e. The summed E-state index contributed by atoms with van der Waals surface area (Å²) < 4.78 is 0. The smallest absolute Gasteiger partial charge is 0.0414 e. The van der Waals surface area contributed by atoms with Crippen LogP contribution in [0.15, 0.2) is 35.5 Å². The molecule has 0 fully saturated rings. The Balaban J connectivity index is 2.51. The molecular formula is C9H7N3. The summed E-state index contributed by atoms with van der Waals surface area (Å²) in [5, 5.41) is 3.61. The van der Waals surface area contributed by atoms with Gasteiger partial charge in [-0.25, -0.2) is 0 Å². The monoisotopic (exact) mass is 157 g/mol. The van der Waals surface area contributed by atoms with Gasteiger partial charge in [-0.05, 0) is 23.1 Å². The van der Waals surface area contributed by atoms with Gasteiger partial charge in [0.15, 0.2) is 0 Å². The van der Waals surface area contributed by atoms with E-state index in [4.69, 9.17) is 5.53 Å². The molecule has 58 valence electrons. The second kappa shape index (κ2) is 2.72. The zero-order chi connectivity index (χ0) is 8.39. The molecule has 0 unspecified atom stereocenters. The van der Waals surface area contributed by atoms with Crippen molar-refractivity contribution >= 4 is 5.70 Å². The Kier molecular flexibility index (Phi) is 1.57. The minimum atomic E-state index is 0.758. The standard InChI is InChI=1S/C9H7N3/c10-12-11-9-6-5-7-3-1-2-4-8(7)9/h1-4,6H,5H2. The van der Waals surface area contributed by atoms with Crippen LogP contribution in [0, 0.1) is 0 Å². The maximum atomic E-state index is 8.27. The van der Waals surface area contributed by atoms with Gasteiger partial charge in [0.25, 0.3) is 0 Å². The van der Waals surface area contributed by atoms with E-state index in [9.17, 15) is 0 Å². The molecule has 0 atom stereocenters. The Morgan fingerprint density at radius 3 is 3.00 bits per heavy atom. The molecule has 0 N–H and O–H groups in total. The molecule has 3 nitrogen and oxygen atoms in total. The van der Waals surface area contributed by atoms with Crippen LogP contribution in [0.4, 0.5) is 0 Å². The van der Waals surface area contributed by atoms with Crippen LogP contribution in [0.5, 0.6) is 0 Å². The lowest BCUT2D eigenvalue weighted by atomic mass is 10.1. The number of rotatable bonds is 1. The molecule has 0 aromatic heterocycles. The van der Waals surface area contributed by atoms with E-state index >= 15 is 0 Å². The van der Waals surface area contributed by atoms with E-state index in [2.05, 4.69) is 10.0 Å². The summed E-state index contributed by atoms with van der Waals surface area (Å²) >= 11 is 0. The molecule has 0 spiro atoms. The van der Waals surface area contributed by atoms with Gasteiger partial charge >= 0.3 is 0 Å². The third kappa shape index (κ3) is 0.966. The van der Waals surface area contributed by atoms with Crippen LogP contribution in [-0.2, 0) is 6.42 Å². The van der Waals surface area contributed by atoms with Crippen molar-refractivity contribution in [1.82, 2.24) is 0 Å². The summed E-state index contributed by atoms with van der Waals surface area (Å²) in [5.74, 6) is 0. The van der Waals surface area contributed by atoms with E-state index in [1.54, 1.807) is 0 Å². The number of fused-ring (bicyclic) bond motifs is 1. The van der Waals surface area contributed by atoms with Crippen LogP contribution >= 0.6 is 0 Å². The summed E-state index contributed by atoms with van der Waals surface area (Å²) in [4.78, 5) is 2.77. The summed E-state index contributed by atoms with van der Waals surface area (Å²) in [5.41, 5.74) is 11.3. The first kappa shape index (κ1) is 6.95. The number of nitrogens with zero attached hydrogens (tertiary/aromatic N) is 3. The van der Waals surface area contributed by atoms with Crippen LogP contribution in [0.2, 0.25) is 0 Å². The van der Waals surface area contributed by atoms with Crippen molar-refractivity contribution in [2.24, 2.45) is 5.11 Å². The molecule has 2 rings (SSSR count). The molecule has 0 saturated carbocycles. The molecule has 1 aliphatic rings. The Morgan fingerprint density at radius 2 is 2.17 bits per heavy atom. The fourth-order valence-corrected chi connectivity index (χ4v) is 1.41. The normalized spacial score (nSPS) is 13.2. The molecule has 1 aromatic carbocycles. The fourth-order valence-electron chi connectivity index (χ4n) is 1.41. The molecule has 1 aromatic rings. The van der Waals surface area contributed by atoms with Crippen LogP contribution in [0.3, 0.4) is 0 Å². The molecule has 0 heterocycles. The molecule has 0 saturated heterocycles. The topological polar surface area (TPSA) is 48.8 Å². The maximum absolute atomic E-state index is 8.27. The second-order valence-corrected chi connectivity index (χ2v) is 2.64. The predicted molar refractivity (Wildman–Crippen MR) is 47.3 cm³/mol. The van der Waals surface area contributed by atoms with Crippen molar-refractivity contribution in [3.63, 3.8) is 0 Å². The van der Waals surface area contributed by atoms with Gasteiger partial charge in [-0.3, -0.25) is 0 Å². The zero-order valence-electron chi connectivity index (χ0n) is 6.44. The van der Waals surface area contributed by atoms with Crippen LogP contribution in [0.25, 0.3) is 16.1 Å². The van der Waals surface area contributed by atoms with Gasteiger partial charge in [0.05, 0.1) is 0 Å². The minimum Gasteiger partial charge on any atom is -0.0699 e. The van der Waals surface area contributed by atoms with Gasteiger partial charge in [-0.15, -0.1) is 0 Å². The number of benzene rings is 1. The average molecular weight is 157 g/mol. The van der Waals surface area contributed by atoms with Crippen molar-refractivity contribution in [2.75, 3.05) is 0 Å². The van der Waals surface area contributed by atoms with Gasteiger partial charge in [0.2, 0.25) is 0 Å². The number of hydrogen-bond donors (Lipinski definition) is 0. The summed E-state index contributed by atoms with van der Waals surface area (Å²) in [6, 6.07) is 7.96. The van der Waals surface area contributed by atoms with Crippen LogP contribution in [-0.4, -0.2) is 0 Å². The molecule has 0 aliphatic heterocycles. The molecule has 3 heteroatoms. The van der Waals surface area contributed by atoms with E-state index < -0.39 is 0 Å². The lowest BCUT2D eigenvalue weighted by Crippen LogP contribution is -1.80. The van der Waals surface area contributed by atoms with Gasteiger partial charge in [0.1, 0.15) is 0 Å². The maximum Gasteiger partial charge on any atom is 0.0414 e. The zero-order valence-corrected chi connectivity index (χ0v) is 6.44. The number of allylic oxidation sites excluding steroid dienone is 1. The number of azide groups is 1. The van der Waals surface area contributed by atoms with Gasteiger partial charge in [0, 0.05) is 10.6 Å². The quantitative estimate of drug-likeness (QED) is 0.342. The molecular weight excluding hydrogens is 150 g/mol. The highest BCUT2D eigenvalue weighted by atomic mass is 15.1. The summed E-state index contributed by atoms with van der Waals surface area (Å²) in [6.45, 7) is 0. The van der Waals surface area contributed by atoms with E-state index in [0.717, 1.165) is 17.7 Å². The predicted octanol–water partition coefficient (Wildman–Crippen LogP) is 2.89. The second-order valence-electron chi connectivity index (χ2n) is 2.64. The lowest BCUT2D eigenvalue weighted by Gasteiger charge is -1.97. The van der Waals surface area contributed by atoms with Crippen LogP contribution < -0.4 is 0 Å². The Hall–Kier alpha value is -1.73. The first-order valence-electron chi connectivity index (χ1n) is 3.75. The Bertz CT molecular complexity index is 387. The lowest BCUT2D eigenvalue weighted by molar-refractivity contribution is 1.31. The highest BCUT2D eigenvalue weighted by Crippen LogP contribution is 2.27. The minimum absolute atomic E-state index is 0.758. The third-order valence-electron chi connectivity index (χ3n) is 1.96. The highest BCUT2D eigenvalue weighted by molar-refractivity contribution is 5.71. The van der Waals surface area contributed by atoms with Crippen LogP contribution in [0.1, 0.15) is 11.1 Å². The Labute approximate surface area is 70.0 Å². The van der Waals surface area contributed by atoms with Gasteiger partial charge in [-0.2, -0.15) is 0 Å². The van der Waals surface area contributed by atoms with E-state index in [1.165, 1.54) is 5.56 Å². The first-order valence-corrected chi connectivity index (χ1v) is 3.75. The Morgan fingerprint density at radius 1 is 1.33 bits per heavy atom. The molecule has 0 radical (unpaired) electrons. The van der Waals surface area contributed by atoms with E-state index in [-0.39, 0.29) is 0 Å². The van der Waals surface area contributed by atoms with Crippen molar-refractivity contribution in [3.8, 4) is 0 Å². The van der Waals surface area contributed by atoms with E-state index in [1.807, 2.05) is 30.3 Å². The van der Waals surface area contributed by atoms with Gasteiger partial charge < -0.3 is 0 Å². The summed E-state index contributed by atoms with van der Waals surface area (Å²) in [7, 11) is 0. The fraction of sp³-hybridized carbons (Fsp3) is 0.111. The number of hydrogen-bond acceptors (Lipinski definition) is 1. The molecule has 12 heavy (non-hydrogen) atoms. The van der Waals surface area contributed by atoms with E-state index in [0.29, 0.717) is 0 Å². The van der Waals surface area contributed by atoms with Crippen molar-refractivity contribution < 1.29 is 0 Å². The molecule has 1 aliphatic carbocycles. The SMILES string of the molecule is [N-]=[N+]=NC1=CCc2ccccc21. The van der Waals surface area contributed by atoms with Gasteiger partial charge in [-0.1, -0.05) is 35.5 Å². The third-order valence-corrected chi connectivity index (χ3v) is 1.96. The summed E-state index contributed by atoms with van der Waals surface area (Å²) in [6.07, 6.45) is 2.83. The molecule has 0 bridgehead atoms. The first-order chi connectivity index (χ1) is 5.92. The van der Waals surface area contributed by atoms with Crippen molar-refractivity contribution in [3.05, 3.63) is 51.9 Å². The highest BCUT2D eigenvalue weighted by Gasteiger charge is 2.10. The van der Waals surface area contributed by atoms with Crippen molar-refractivity contribution in [2.45, 2.75) is 6.42 Å². The average Bonchev–Trinajstić information content (AvgIpc) is 2.50. The van der Waals surface area contributed by atoms with Crippen molar-refractivity contribution in [1.29, 1.82) is 0 Å². The molecule has 0 amide bonds.